The first-order valence-electron chi connectivity index (χ1n) is 5.97. The van der Waals surface area contributed by atoms with Gasteiger partial charge in [-0.05, 0) is 24.3 Å². The lowest BCUT2D eigenvalue weighted by molar-refractivity contribution is -0.142. The number of methoxy groups -OCH3 is 1. The molecule has 0 aromatic carbocycles. The van der Waals surface area contributed by atoms with Crippen molar-refractivity contribution in [2.24, 2.45) is 5.73 Å². The van der Waals surface area contributed by atoms with Crippen LogP contribution in [0.1, 0.15) is 38.0 Å². The molecule has 17 heavy (non-hydrogen) atoms. The van der Waals surface area contributed by atoms with E-state index in [1.165, 1.54) is 12.0 Å². The van der Waals surface area contributed by atoms with Crippen LogP contribution in [0.5, 0.6) is 0 Å². The average Bonchev–Trinajstić information content (AvgIpc) is 2.88. The van der Waals surface area contributed by atoms with E-state index in [4.69, 9.17) is 10.5 Å². The van der Waals surface area contributed by atoms with Crippen molar-refractivity contribution in [3.05, 3.63) is 22.4 Å². The molecule has 1 rings (SSSR count). The van der Waals surface area contributed by atoms with Gasteiger partial charge >= 0.3 is 5.97 Å². The van der Waals surface area contributed by atoms with Gasteiger partial charge in [0.15, 0.2) is 0 Å². The summed E-state index contributed by atoms with van der Waals surface area (Å²) in [5, 5.41) is 2.03. The van der Waals surface area contributed by atoms with E-state index in [0.717, 1.165) is 12.8 Å². The molecule has 0 radical (unpaired) electrons. The molecular formula is C13H21NO2S. The second-order valence-electron chi connectivity index (χ2n) is 4.25. The minimum absolute atomic E-state index is 0.0229. The van der Waals surface area contributed by atoms with Gasteiger partial charge in [0.2, 0.25) is 0 Å². The summed E-state index contributed by atoms with van der Waals surface area (Å²) < 4.78 is 4.81. The summed E-state index contributed by atoms with van der Waals surface area (Å²) in [5.74, 6) is -0.191. The number of esters is 1. The summed E-state index contributed by atoms with van der Waals surface area (Å²) in [4.78, 5) is 12.8. The summed E-state index contributed by atoms with van der Waals surface area (Å²) in [6.45, 7) is 4.14. The highest BCUT2D eigenvalue weighted by Crippen LogP contribution is 2.38. The van der Waals surface area contributed by atoms with Crippen LogP contribution in [-0.2, 0) is 14.9 Å². The highest BCUT2D eigenvalue weighted by atomic mass is 32.1. The standard InChI is InChI=1S/C13H21NO2S/c1-4-10(14)13(5-2,9-12(15)16-3)11-7-6-8-17-11/h6-8,10H,4-5,9,14H2,1-3H3. The van der Waals surface area contributed by atoms with Crippen LogP contribution >= 0.6 is 11.3 Å². The quantitative estimate of drug-likeness (QED) is 0.795. The minimum atomic E-state index is -0.282. The van der Waals surface area contributed by atoms with Gasteiger partial charge < -0.3 is 10.5 Å². The third kappa shape index (κ3) is 2.87. The number of ether oxygens (including phenoxy) is 1. The van der Waals surface area contributed by atoms with E-state index in [0.29, 0.717) is 6.42 Å². The van der Waals surface area contributed by atoms with Gasteiger partial charge in [0.25, 0.3) is 0 Å². The van der Waals surface area contributed by atoms with Gasteiger partial charge in [-0.15, -0.1) is 11.3 Å². The van der Waals surface area contributed by atoms with Crippen LogP contribution in [0.3, 0.4) is 0 Å². The highest BCUT2D eigenvalue weighted by Gasteiger charge is 2.39. The molecule has 3 nitrogen and oxygen atoms in total. The molecule has 1 aromatic heterocycles. The van der Waals surface area contributed by atoms with E-state index in [1.54, 1.807) is 11.3 Å². The lowest BCUT2D eigenvalue weighted by Crippen LogP contribution is -2.46. The maximum atomic E-state index is 11.6. The number of nitrogens with two attached hydrogens (primary N) is 1. The van der Waals surface area contributed by atoms with Gasteiger partial charge in [0.1, 0.15) is 0 Å². The van der Waals surface area contributed by atoms with Crippen LogP contribution in [0.25, 0.3) is 0 Å². The first kappa shape index (κ1) is 14.2. The maximum absolute atomic E-state index is 11.6. The van der Waals surface area contributed by atoms with Crippen molar-refractivity contribution in [2.45, 2.75) is 44.6 Å². The van der Waals surface area contributed by atoms with E-state index < -0.39 is 0 Å². The van der Waals surface area contributed by atoms with E-state index in [9.17, 15) is 4.79 Å². The van der Waals surface area contributed by atoms with Gasteiger partial charge in [0.05, 0.1) is 13.5 Å². The zero-order chi connectivity index (χ0) is 12.9. The van der Waals surface area contributed by atoms with Gasteiger partial charge in [-0.3, -0.25) is 4.79 Å². The van der Waals surface area contributed by atoms with Gasteiger partial charge in [-0.25, -0.2) is 0 Å². The third-order valence-corrected chi connectivity index (χ3v) is 4.57. The molecule has 0 aliphatic rings. The fourth-order valence-corrected chi connectivity index (χ4v) is 3.31. The maximum Gasteiger partial charge on any atom is 0.306 e. The number of thiophene rings is 1. The Balaban J connectivity index is 3.09. The summed E-state index contributed by atoms with van der Waals surface area (Å²) >= 11 is 1.66. The number of carbonyl (C=O) groups is 1. The predicted octanol–water partition coefficient (Wildman–Crippen LogP) is 2.70. The molecule has 2 N–H and O–H groups in total. The summed E-state index contributed by atoms with van der Waals surface area (Å²) in [5.41, 5.74) is 5.97. The second-order valence-corrected chi connectivity index (χ2v) is 5.20. The number of hydrogen-bond acceptors (Lipinski definition) is 4. The Morgan fingerprint density at radius 3 is 2.71 bits per heavy atom. The molecule has 0 aliphatic carbocycles. The lowest BCUT2D eigenvalue weighted by Gasteiger charge is -2.36. The van der Waals surface area contributed by atoms with Crippen LogP contribution in [0, 0.1) is 0 Å². The van der Waals surface area contributed by atoms with Crippen molar-refractivity contribution in [2.75, 3.05) is 7.11 Å². The van der Waals surface area contributed by atoms with Crippen LogP contribution in [0.2, 0.25) is 0 Å². The largest absolute Gasteiger partial charge is 0.469 e. The molecule has 4 heteroatoms. The smallest absolute Gasteiger partial charge is 0.306 e. The fraction of sp³-hybridized carbons (Fsp3) is 0.615. The SMILES string of the molecule is CCC(N)C(CC)(CC(=O)OC)c1cccs1. The predicted molar refractivity (Wildman–Crippen MR) is 71.2 cm³/mol. The normalized spacial score (nSPS) is 16.2. The van der Waals surface area contributed by atoms with Crippen molar-refractivity contribution < 1.29 is 9.53 Å². The highest BCUT2D eigenvalue weighted by molar-refractivity contribution is 7.10. The number of rotatable bonds is 6. The Hall–Kier alpha value is -0.870. The van der Waals surface area contributed by atoms with E-state index >= 15 is 0 Å². The molecule has 0 bridgehead atoms. The van der Waals surface area contributed by atoms with Gasteiger partial charge in [-0.2, -0.15) is 0 Å². The fourth-order valence-electron chi connectivity index (χ4n) is 2.24. The van der Waals surface area contributed by atoms with Crippen molar-refractivity contribution in [1.82, 2.24) is 0 Å². The van der Waals surface area contributed by atoms with Gasteiger partial charge in [0, 0.05) is 16.3 Å². The van der Waals surface area contributed by atoms with Crippen molar-refractivity contribution in [1.29, 1.82) is 0 Å². The molecule has 0 saturated carbocycles. The molecule has 0 saturated heterocycles. The molecule has 0 fully saturated rings. The summed E-state index contributed by atoms with van der Waals surface area (Å²) in [7, 11) is 1.43. The molecule has 2 atom stereocenters. The first-order valence-corrected chi connectivity index (χ1v) is 6.85. The zero-order valence-electron chi connectivity index (χ0n) is 10.7. The Bertz CT molecular complexity index is 350. The first-order chi connectivity index (χ1) is 8.10. The molecular weight excluding hydrogens is 234 g/mol. The molecule has 1 heterocycles. The number of carbonyl (C=O) groups excluding carboxylic acids is 1. The van der Waals surface area contributed by atoms with Crippen LogP contribution in [0.4, 0.5) is 0 Å². The minimum Gasteiger partial charge on any atom is -0.469 e. The van der Waals surface area contributed by atoms with Crippen molar-refractivity contribution in [3.8, 4) is 0 Å². The summed E-state index contributed by atoms with van der Waals surface area (Å²) in [6.07, 6.45) is 2.05. The van der Waals surface area contributed by atoms with E-state index in [-0.39, 0.29) is 17.4 Å². The molecule has 0 amide bonds. The third-order valence-electron chi connectivity index (χ3n) is 3.48. The van der Waals surface area contributed by atoms with Crippen LogP contribution in [-0.4, -0.2) is 19.1 Å². The van der Waals surface area contributed by atoms with Crippen LogP contribution < -0.4 is 5.73 Å². The Morgan fingerprint density at radius 2 is 2.29 bits per heavy atom. The van der Waals surface area contributed by atoms with Crippen molar-refractivity contribution >= 4 is 17.3 Å². The van der Waals surface area contributed by atoms with E-state index in [1.807, 2.05) is 11.4 Å². The lowest BCUT2D eigenvalue weighted by atomic mass is 9.73. The topological polar surface area (TPSA) is 52.3 Å². The second kappa shape index (κ2) is 6.17. The summed E-state index contributed by atoms with van der Waals surface area (Å²) in [6, 6.07) is 4.04. The number of hydrogen-bond donors (Lipinski definition) is 1. The average molecular weight is 255 g/mol. The Kier molecular flexibility index (Phi) is 5.15. The Labute approximate surface area is 107 Å². The Morgan fingerprint density at radius 1 is 1.59 bits per heavy atom. The molecule has 0 spiro atoms. The molecule has 96 valence electrons. The zero-order valence-corrected chi connectivity index (χ0v) is 11.5. The van der Waals surface area contributed by atoms with E-state index in [2.05, 4.69) is 19.9 Å². The molecule has 0 aliphatic heterocycles. The van der Waals surface area contributed by atoms with Crippen molar-refractivity contribution in [3.63, 3.8) is 0 Å². The van der Waals surface area contributed by atoms with Crippen LogP contribution in [0.15, 0.2) is 17.5 Å². The van der Waals surface area contributed by atoms with Gasteiger partial charge in [-0.1, -0.05) is 19.9 Å². The monoisotopic (exact) mass is 255 g/mol. The molecule has 2 unspecified atom stereocenters. The molecule has 1 aromatic rings.